The first-order chi connectivity index (χ1) is 23.2. The number of aryl methyl sites for hydroxylation is 1. The molecule has 47 heavy (non-hydrogen) atoms. The third-order valence-corrected chi connectivity index (χ3v) is 8.90. The molecule has 1 aliphatic heterocycles. The summed E-state index contributed by atoms with van der Waals surface area (Å²) in [6.45, 7) is 2.19. The molecule has 0 saturated carbocycles. The third kappa shape index (κ3) is 5.87. The lowest BCUT2D eigenvalue weighted by Crippen LogP contribution is -2.25. The molecule has 3 nitrogen and oxygen atoms in total. The van der Waals surface area contributed by atoms with E-state index >= 15 is 0 Å². The molecule has 0 fully saturated rings. The van der Waals surface area contributed by atoms with Crippen LogP contribution < -0.4 is 5.32 Å². The minimum absolute atomic E-state index is 0.262. The SMILES string of the molecule is Cc1cc2ccccc2cc1-c1cccc(C2N=C(c3ccc(-c4ccccc4)cc3)C=C(c3cccc(-c4cccnc4)c3)N2)c1. The largest absolute Gasteiger partial charge is 0.360 e. The molecule has 0 aliphatic carbocycles. The van der Waals surface area contributed by atoms with Crippen molar-refractivity contribution in [1.29, 1.82) is 0 Å². The fourth-order valence-electron chi connectivity index (χ4n) is 6.42. The maximum Gasteiger partial charge on any atom is 0.145 e. The summed E-state index contributed by atoms with van der Waals surface area (Å²) < 4.78 is 0. The van der Waals surface area contributed by atoms with Gasteiger partial charge in [0, 0.05) is 23.7 Å². The van der Waals surface area contributed by atoms with Crippen LogP contribution in [0.1, 0.15) is 28.4 Å². The summed E-state index contributed by atoms with van der Waals surface area (Å²) in [4.78, 5) is 9.65. The lowest BCUT2D eigenvalue weighted by molar-refractivity contribution is 0.664. The normalized spacial score (nSPS) is 14.3. The summed E-state index contributed by atoms with van der Waals surface area (Å²) in [5.41, 5.74) is 13.6. The standard InChI is InChI=1S/C44H33N3/c1-30-24-34-12-5-6-13-36(34)27-41(30)37-15-8-17-39(26-37)44-46-42(33-21-19-32(20-22-33)31-10-3-2-4-11-31)28-43(47-44)38-16-7-14-35(25-38)40-18-9-23-45-29-40/h2-29,44,47H,1H3. The van der Waals surface area contributed by atoms with Gasteiger partial charge in [-0.2, -0.15) is 0 Å². The van der Waals surface area contributed by atoms with Gasteiger partial charge >= 0.3 is 0 Å². The van der Waals surface area contributed by atoms with Crippen LogP contribution in [0.4, 0.5) is 0 Å². The Bertz CT molecular complexity index is 2270. The van der Waals surface area contributed by atoms with Crippen LogP contribution in [-0.4, -0.2) is 10.7 Å². The maximum atomic E-state index is 5.31. The van der Waals surface area contributed by atoms with E-state index in [4.69, 9.17) is 4.99 Å². The van der Waals surface area contributed by atoms with Gasteiger partial charge in [-0.15, -0.1) is 0 Å². The number of pyridine rings is 1. The average molecular weight is 604 g/mol. The van der Waals surface area contributed by atoms with E-state index in [0.29, 0.717) is 0 Å². The Hall–Kier alpha value is -6.06. The molecular formula is C44H33N3. The van der Waals surface area contributed by atoms with E-state index in [-0.39, 0.29) is 6.17 Å². The van der Waals surface area contributed by atoms with Crippen LogP contribution in [0, 0.1) is 6.92 Å². The predicted octanol–water partition coefficient (Wildman–Crippen LogP) is 10.7. The zero-order valence-electron chi connectivity index (χ0n) is 26.1. The van der Waals surface area contributed by atoms with Crippen molar-refractivity contribution in [1.82, 2.24) is 10.3 Å². The number of nitrogens with one attached hydrogen (secondary N) is 1. The fourth-order valence-corrected chi connectivity index (χ4v) is 6.42. The molecule has 3 heteroatoms. The average Bonchev–Trinajstić information content (AvgIpc) is 3.15. The molecular weight excluding hydrogens is 571 g/mol. The van der Waals surface area contributed by atoms with Crippen molar-refractivity contribution in [3.63, 3.8) is 0 Å². The van der Waals surface area contributed by atoms with Gasteiger partial charge in [-0.05, 0) is 98.1 Å². The Balaban J connectivity index is 1.20. The molecule has 0 spiro atoms. The second kappa shape index (κ2) is 12.4. The van der Waals surface area contributed by atoms with Crippen LogP contribution in [0.3, 0.4) is 0 Å². The Morgan fingerprint density at radius 1 is 0.511 bits per heavy atom. The number of rotatable bonds is 6. The third-order valence-electron chi connectivity index (χ3n) is 8.90. The monoisotopic (exact) mass is 603 g/mol. The highest BCUT2D eigenvalue weighted by molar-refractivity contribution is 6.13. The van der Waals surface area contributed by atoms with E-state index in [0.717, 1.165) is 39.2 Å². The summed E-state index contributed by atoms with van der Waals surface area (Å²) in [7, 11) is 0. The number of hydrogen-bond acceptors (Lipinski definition) is 3. The number of nitrogens with zero attached hydrogens (tertiary/aromatic N) is 2. The van der Waals surface area contributed by atoms with Gasteiger partial charge in [0.15, 0.2) is 0 Å². The van der Waals surface area contributed by atoms with Crippen molar-refractivity contribution in [2.24, 2.45) is 4.99 Å². The summed E-state index contributed by atoms with van der Waals surface area (Å²) >= 11 is 0. The van der Waals surface area contributed by atoms with Gasteiger partial charge in [-0.1, -0.05) is 127 Å². The zero-order chi connectivity index (χ0) is 31.6. The lowest BCUT2D eigenvalue weighted by atomic mass is 9.94. The number of benzene rings is 6. The minimum Gasteiger partial charge on any atom is -0.360 e. The van der Waals surface area contributed by atoms with Gasteiger partial charge < -0.3 is 5.32 Å². The molecule has 0 radical (unpaired) electrons. The Kier molecular flexibility index (Phi) is 7.49. The lowest BCUT2D eigenvalue weighted by Gasteiger charge is -2.25. The molecule has 6 aromatic carbocycles. The summed E-state index contributed by atoms with van der Waals surface area (Å²) in [5.74, 6) is 0. The second-order valence-electron chi connectivity index (χ2n) is 12.0. The predicted molar refractivity (Wildman–Crippen MR) is 196 cm³/mol. The van der Waals surface area contributed by atoms with E-state index in [9.17, 15) is 0 Å². The van der Waals surface area contributed by atoms with Crippen molar-refractivity contribution in [2.45, 2.75) is 13.1 Å². The molecule has 0 saturated heterocycles. The summed E-state index contributed by atoms with van der Waals surface area (Å²) in [6.07, 6.45) is 5.63. The van der Waals surface area contributed by atoms with Crippen molar-refractivity contribution in [2.75, 3.05) is 0 Å². The van der Waals surface area contributed by atoms with Crippen molar-refractivity contribution in [3.8, 4) is 33.4 Å². The van der Waals surface area contributed by atoms with Gasteiger partial charge in [-0.3, -0.25) is 9.98 Å². The molecule has 8 rings (SSSR count). The first-order valence-electron chi connectivity index (χ1n) is 16.0. The molecule has 0 amide bonds. The number of hydrogen-bond donors (Lipinski definition) is 1. The number of allylic oxidation sites excluding steroid dienone is 1. The topological polar surface area (TPSA) is 37.3 Å². The highest BCUT2D eigenvalue weighted by atomic mass is 15.1. The molecule has 1 unspecified atom stereocenters. The summed E-state index contributed by atoms with van der Waals surface area (Å²) in [5, 5.41) is 6.28. The molecule has 7 aromatic rings. The molecule has 1 N–H and O–H groups in total. The molecule has 224 valence electrons. The highest BCUT2D eigenvalue weighted by Crippen LogP contribution is 2.33. The Morgan fingerprint density at radius 2 is 1.17 bits per heavy atom. The number of aliphatic imine (C=N–C) groups is 1. The van der Waals surface area contributed by atoms with E-state index < -0.39 is 0 Å². The van der Waals surface area contributed by atoms with Gasteiger partial charge in [0.25, 0.3) is 0 Å². The molecule has 0 bridgehead atoms. The van der Waals surface area contributed by atoms with Crippen LogP contribution in [0.25, 0.3) is 49.9 Å². The van der Waals surface area contributed by atoms with Crippen LogP contribution in [-0.2, 0) is 0 Å². The smallest absolute Gasteiger partial charge is 0.145 e. The van der Waals surface area contributed by atoms with E-state index in [2.05, 4.69) is 163 Å². The first-order valence-corrected chi connectivity index (χ1v) is 16.0. The first kappa shape index (κ1) is 28.4. The van der Waals surface area contributed by atoms with Gasteiger partial charge in [0.05, 0.1) is 5.71 Å². The molecule has 2 heterocycles. The Morgan fingerprint density at radius 3 is 1.98 bits per heavy atom. The van der Waals surface area contributed by atoms with Gasteiger partial charge in [0.2, 0.25) is 0 Å². The molecule has 1 atom stereocenters. The number of fused-ring (bicyclic) bond motifs is 1. The highest BCUT2D eigenvalue weighted by Gasteiger charge is 2.21. The molecule has 1 aliphatic rings. The van der Waals surface area contributed by atoms with E-state index in [1.165, 1.54) is 38.6 Å². The van der Waals surface area contributed by atoms with Crippen LogP contribution >= 0.6 is 0 Å². The van der Waals surface area contributed by atoms with Crippen LogP contribution in [0.5, 0.6) is 0 Å². The second-order valence-corrected chi connectivity index (χ2v) is 12.0. The van der Waals surface area contributed by atoms with Gasteiger partial charge in [0.1, 0.15) is 6.17 Å². The molecule has 1 aromatic heterocycles. The number of aromatic nitrogens is 1. The van der Waals surface area contributed by atoms with Crippen molar-refractivity contribution in [3.05, 3.63) is 192 Å². The summed E-state index contributed by atoms with van der Waals surface area (Å²) in [6, 6.07) is 53.8. The van der Waals surface area contributed by atoms with Gasteiger partial charge in [-0.25, -0.2) is 0 Å². The zero-order valence-corrected chi connectivity index (χ0v) is 26.1. The Labute approximate surface area is 275 Å². The quantitative estimate of drug-likeness (QED) is 0.205. The fraction of sp³-hybridized carbons (Fsp3) is 0.0455. The van der Waals surface area contributed by atoms with E-state index in [1.807, 2.05) is 24.5 Å². The van der Waals surface area contributed by atoms with Crippen molar-refractivity contribution >= 4 is 22.2 Å². The van der Waals surface area contributed by atoms with Crippen LogP contribution in [0.15, 0.2) is 175 Å². The van der Waals surface area contributed by atoms with Crippen molar-refractivity contribution < 1.29 is 0 Å². The minimum atomic E-state index is -0.262. The maximum absolute atomic E-state index is 5.31. The van der Waals surface area contributed by atoms with E-state index in [1.54, 1.807) is 0 Å². The van der Waals surface area contributed by atoms with Crippen LogP contribution in [0.2, 0.25) is 0 Å².